The van der Waals surface area contributed by atoms with Crippen LogP contribution in [0.15, 0.2) is 30.3 Å². The molecule has 2 fully saturated rings. The number of rotatable bonds is 7. The second kappa shape index (κ2) is 8.52. The van der Waals surface area contributed by atoms with Crippen LogP contribution in [0, 0.1) is 5.92 Å². The lowest BCUT2D eigenvalue weighted by atomic mass is 9.84. The van der Waals surface area contributed by atoms with E-state index in [1.807, 2.05) is 18.2 Å². The third kappa shape index (κ3) is 4.47. The van der Waals surface area contributed by atoms with Crippen LogP contribution < -0.4 is 0 Å². The standard InChI is InChI=1S/C24H39NO3Si/c1-7-19-14-16-24(15-11-17-28-29(5,6)23(2,3)4)25(22(19)26)21(18-27-24)20-12-9-8-10-13-20/h8-10,12-13,19,21H,7,11,14-18H2,1-6H3/t19-,21-,24-/m0/s1. The zero-order valence-corrected chi connectivity index (χ0v) is 20.2. The molecule has 0 spiro atoms. The Labute approximate surface area is 178 Å². The van der Waals surface area contributed by atoms with Gasteiger partial charge in [0.15, 0.2) is 8.32 Å². The van der Waals surface area contributed by atoms with Crippen molar-refractivity contribution in [2.75, 3.05) is 13.2 Å². The first-order valence-electron chi connectivity index (χ1n) is 11.3. The van der Waals surface area contributed by atoms with Crippen molar-refractivity contribution in [3.63, 3.8) is 0 Å². The van der Waals surface area contributed by atoms with Crippen molar-refractivity contribution in [2.24, 2.45) is 5.92 Å². The van der Waals surface area contributed by atoms with Gasteiger partial charge in [-0.3, -0.25) is 4.79 Å². The molecule has 162 valence electrons. The number of carbonyl (C=O) groups excluding carboxylic acids is 1. The van der Waals surface area contributed by atoms with E-state index in [0.717, 1.165) is 38.7 Å². The molecule has 2 aliphatic heterocycles. The van der Waals surface area contributed by atoms with Crippen LogP contribution in [0.2, 0.25) is 18.1 Å². The fraction of sp³-hybridized carbons (Fsp3) is 0.708. The summed E-state index contributed by atoms with van der Waals surface area (Å²) in [5.74, 6) is 0.398. The lowest BCUT2D eigenvalue weighted by Crippen LogP contribution is -2.55. The molecule has 2 heterocycles. The minimum absolute atomic E-state index is 0.0272. The van der Waals surface area contributed by atoms with Crippen LogP contribution in [-0.4, -0.2) is 38.1 Å². The first kappa shape index (κ1) is 22.5. The molecule has 3 rings (SSSR count). The van der Waals surface area contributed by atoms with Crippen molar-refractivity contribution in [3.05, 3.63) is 35.9 Å². The molecule has 0 N–H and O–H groups in total. The number of hydrogen-bond donors (Lipinski definition) is 0. The van der Waals surface area contributed by atoms with E-state index in [4.69, 9.17) is 9.16 Å². The Hall–Kier alpha value is -1.17. The average molecular weight is 418 g/mol. The number of ether oxygens (including phenoxy) is 1. The second-order valence-corrected chi connectivity index (χ2v) is 15.1. The second-order valence-electron chi connectivity index (χ2n) is 10.2. The number of amides is 1. The highest BCUT2D eigenvalue weighted by Gasteiger charge is 2.54. The van der Waals surface area contributed by atoms with Gasteiger partial charge in [0.1, 0.15) is 5.72 Å². The number of hydrogen-bond acceptors (Lipinski definition) is 3. The Morgan fingerprint density at radius 2 is 1.93 bits per heavy atom. The lowest BCUT2D eigenvalue weighted by molar-refractivity contribution is -0.170. The first-order chi connectivity index (χ1) is 13.6. The predicted molar refractivity (Wildman–Crippen MR) is 120 cm³/mol. The largest absolute Gasteiger partial charge is 0.417 e. The van der Waals surface area contributed by atoms with E-state index in [-0.39, 0.29) is 22.9 Å². The van der Waals surface area contributed by atoms with Gasteiger partial charge in [0.05, 0.1) is 12.6 Å². The Balaban J connectivity index is 1.73. The Bertz CT molecular complexity index is 700. The molecule has 2 aliphatic rings. The summed E-state index contributed by atoms with van der Waals surface area (Å²) in [6, 6.07) is 10.4. The summed E-state index contributed by atoms with van der Waals surface area (Å²) in [4.78, 5) is 15.5. The molecule has 0 radical (unpaired) electrons. The molecule has 3 atom stereocenters. The maximum atomic E-state index is 13.4. The third-order valence-corrected chi connectivity index (χ3v) is 11.9. The van der Waals surface area contributed by atoms with Crippen LogP contribution >= 0.6 is 0 Å². The Morgan fingerprint density at radius 3 is 2.55 bits per heavy atom. The molecular weight excluding hydrogens is 378 g/mol. The molecule has 0 aliphatic carbocycles. The maximum absolute atomic E-state index is 13.4. The van der Waals surface area contributed by atoms with Gasteiger partial charge < -0.3 is 14.1 Å². The monoisotopic (exact) mass is 417 g/mol. The Kier molecular flexibility index (Phi) is 6.61. The Morgan fingerprint density at radius 1 is 1.24 bits per heavy atom. The number of nitrogens with zero attached hydrogens (tertiary/aromatic N) is 1. The summed E-state index contributed by atoms with van der Waals surface area (Å²) in [6.07, 6.45) is 4.54. The number of carbonyl (C=O) groups is 1. The smallest absolute Gasteiger partial charge is 0.228 e. The third-order valence-electron chi connectivity index (χ3n) is 7.39. The van der Waals surface area contributed by atoms with E-state index in [1.54, 1.807) is 0 Å². The quantitative estimate of drug-likeness (QED) is 0.409. The summed E-state index contributed by atoms with van der Waals surface area (Å²) in [5, 5.41) is 0.217. The summed E-state index contributed by atoms with van der Waals surface area (Å²) < 4.78 is 12.8. The molecule has 2 saturated heterocycles. The number of fused-ring (bicyclic) bond motifs is 1. The van der Waals surface area contributed by atoms with Gasteiger partial charge in [-0.15, -0.1) is 0 Å². The van der Waals surface area contributed by atoms with Gasteiger partial charge in [-0.2, -0.15) is 0 Å². The fourth-order valence-corrected chi connectivity index (χ4v) is 5.53. The summed E-state index contributed by atoms with van der Waals surface area (Å²) in [7, 11) is -1.75. The van der Waals surface area contributed by atoms with Crippen LogP contribution in [0.4, 0.5) is 0 Å². The van der Waals surface area contributed by atoms with E-state index in [9.17, 15) is 4.79 Å². The lowest BCUT2D eigenvalue weighted by Gasteiger charge is -2.45. The fourth-order valence-electron chi connectivity index (χ4n) is 4.44. The normalized spacial score (nSPS) is 27.9. The van der Waals surface area contributed by atoms with Gasteiger partial charge >= 0.3 is 0 Å². The van der Waals surface area contributed by atoms with Gasteiger partial charge in [-0.25, -0.2) is 0 Å². The topological polar surface area (TPSA) is 38.8 Å². The highest BCUT2D eigenvalue weighted by atomic mass is 28.4. The summed E-state index contributed by atoms with van der Waals surface area (Å²) >= 11 is 0. The molecule has 0 saturated carbocycles. The van der Waals surface area contributed by atoms with Gasteiger partial charge in [0.25, 0.3) is 0 Å². The van der Waals surface area contributed by atoms with Crippen molar-refractivity contribution in [3.8, 4) is 0 Å². The van der Waals surface area contributed by atoms with Crippen LogP contribution in [0.25, 0.3) is 0 Å². The minimum Gasteiger partial charge on any atom is -0.417 e. The number of benzene rings is 1. The van der Waals surface area contributed by atoms with E-state index in [0.29, 0.717) is 6.61 Å². The predicted octanol–water partition coefficient (Wildman–Crippen LogP) is 5.90. The van der Waals surface area contributed by atoms with Gasteiger partial charge in [-0.05, 0) is 55.8 Å². The average Bonchev–Trinajstić information content (AvgIpc) is 3.06. The highest BCUT2D eigenvalue weighted by Crippen LogP contribution is 2.48. The van der Waals surface area contributed by atoms with Crippen molar-refractivity contribution >= 4 is 14.2 Å². The zero-order chi connectivity index (χ0) is 21.3. The van der Waals surface area contributed by atoms with Crippen molar-refractivity contribution in [2.45, 2.75) is 89.7 Å². The molecule has 1 aromatic rings. The van der Waals surface area contributed by atoms with Crippen molar-refractivity contribution in [1.82, 2.24) is 4.90 Å². The molecular formula is C24H39NO3Si. The van der Waals surface area contributed by atoms with Crippen LogP contribution in [0.5, 0.6) is 0 Å². The maximum Gasteiger partial charge on any atom is 0.228 e. The van der Waals surface area contributed by atoms with Gasteiger partial charge in [-0.1, -0.05) is 58.0 Å². The van der Waals surface area contributed by atoms with Crippen molar-refractivity contribution < 1.29 is 14.0 Å². The van der Waals surface area contributed by atoms with E-state index >= 15 is 0 Å². The highest BCUT2D eigenvalue weighted by molar-refractivity contribution is 6.74. The minimum atomic E-state index is -1.75. The van der Waals surface area contributed by atoms with Crippen molar-refractivity contribution in [1.29, 1.82) is 0 Å². The zero-order valence-electron chi connectivity index (χ0n) is 19.2. The molecule has 0 aromatic heterocycles. The molecule has 0 bridgehead atoms. The molecule has 1 aromatic carbocycles. The van der Waals surface area contributed by atoms with E-state index in [2.05, 4.69) is 57.8 Å². The van der Waals surface area contributed by atoms with Crippen LogP contribution in [-0.2, 0) is 14.0 Å². The first-order valence-corrected chi connectivity index (χ1v) is 14.2. The molecule has 1 amide bonds. The van der Waals surface area contributed by atoms with Crippen LogP contribution in [0.3, 0.4) is 0 Å². The molecule has 29 heavy (non-hydrogen) atoms. The molecule has 5 heteroatoms. The molecule has 4 nitrogen and oxygen atoms in total. The SMILES string of the molecule is CC[C@H]1CC[C@]2(CCCO[Si](C)(C)C(C)(C)C)OC[C@@H](c3ccccc3)N2C1=O. The van der Waals surface area contributed by atoms with Crippen LogP contribution in [0.1, 0.15) is 71.4 Å². The summed E-state index contributed by atoms with van der Waals surface area (Å²) in [5.41, 5.74) is 0.719. The van der Waals surface area contributed by atoms with Gasteiger partial charge in [0.2, 0.25) is 5.91 Å². The summed E-state index contributed by atoms with van der Waals surface area (Å²) in [6.45, 7) is 14.9. The van der Waals surface area contributed by atoms with E-state index < -0.39 is 14.0 Å². The molecule has 0 unspecified atom stereocenters. The van der Waals surface area contributed by atoms with E-state index in [1.165, 1.54) is 5.56 Å². The number of piperidine rings is 1. The van der Waals surface area contributed by atoms with Gasteiger partial charge in [0, 0.05) is 12.5 Å².